The first kappa shape index (κ1) is 14.3. The van der Waals surface area contributed by atoms with Crippen LogP contribution in [-0.2, 0) is 18.9 Å². The summed E-state index contributed by atoms with van der Waals surface area (Å²) in [6, 6.07) is 8.89. The summed E-state index contributed by atoms with van der Waals surface area (Å²) in [5, 5.41) is 0. The number of benzene rings is 1. The molecule has 106 valence electrons. The Labute approximate surface area is 120 Å². The van der Waals surface area contributed by atoms with Crippen LogP contribution in [-0.4, -0.2) is 15.1 Å². The molecule has 0 aliphatic heterocycles. The van der Waals surface area contributed by atoms with Crippen LogP contribution in [0.3, 0.4) is 0 Å². The second kappa shape index (κ2) is 5.92. The van der Waals surface area contributed by atoms with Gasteiger partial charge in [0.1, 0.15) is 0 Å². The van der Waals surface area contributed by atoms with Crippen molar-refractivity contribution >= 4 is 5.97 Å². The second-order valence-corrected chi connectivity index (χ2v) is 4.26. The topological polar surface area (TPSA) is 70.3 Å². The average molecular weight is 284 g/mol. The van der Waals surface area contributed by atoms with E-state index in [1.54, 1.807) is 24.3 Å². The van der Waals surface area contributed by atoms with Crippen LogP contribution >= 0.6 is 0 Å². The summed E-state index contributed by atoms with van der Waals surface area (Å²) < 4.78 is 6.88. The van der Waals surface area contributed by atoms with E-state index < -0.39 is 17.2 Å². The molecule has 0 amide bonds. The number of nitrogens with zero attached hydrogens (tertiary/aromatic N) is 2. The Balaban J connectivity index is 2.24. The molecule has 21 heavy (non-hydrogen) atoms. The van der Waals surface area contributed by atoms with Gasteiger partial charge in [-0.25, -0.2) is 9.59 Å². The van der Waals surface area contributed by atoms with E-state index in [0.29, 0.717) is 5.56 Å². The van der Waals surface area contributed by atoms with Crippen LogP contribution in [0.4, 0.5) is 0 Å². The van der Waals surface area contributed by atoms with E-state index in [2.05, 4.69) is 11.8 Å². The van der Waals surface area contributed by atoms with E-state index in [1.165, 1.54) is 14.1 Å². The minimum Gasteiger partial charge on any atom is -0.409 e. The predicted molar refractivity (Wildman–Crippen MR) is 75.9 cm³/mol. The molecule has 0 bridgehead atoms. The zero-order chi connectivity index (χ0) is 15.4. The highest BCUT2D eigenvalue weighted by Gasteiger charge is 2.10. The van der Waals surface area contributed by atoms with Gasteiger partial charge in [-0.15, -0.1) is 0 Å². The molecule has 0 unspecified atom stereocenters. The minimum atomic E-state index is -0.866. The number of rotatable bonds is 1. The van der Waals surface area contributed by atoms with Gasteiger partial charge in [-0.3, -0.25) is 13.9 Å². The molecule has 1 heterocycles. The highest BCUT2D eigenvalue weighted by Crippen LogP contribution is 1.99. The third kappa shape index (κ3) is 3.28. The molecule has 6 heteroatoms. The SMILES string of the molecule is Cn1cc(OC(=O)C#Cc2ccccc2)c(=O)n(C)c1=O. The molecule has 0 aliphatic rings. The van der Waals surface area contributed by atoms with Crippen molar-refractivity contribution in [3.8, 4) is 17.6 Å². The molecular formula is C15H12N2O4. The largest absolute Gasteiger partial charge is 0.409 e. The zero-order valence-corrected chi connectivity index (χ0v) is 11.5. The first-order chi connectivity index (χ1) is 9.99. The number of carbonyl (C=O) groups excluding carboxylic acids is 1. The van der Waals surface area contributed by atoms with Crippen molar-refractivity contribution in [2.75, 3.05) is 0 Å². The van der Waals surface area contributed by atoms with Gasteiger partial charge < -0.3 is 4.74 Å². The van der Waals surface area contributed by atoms with E-state index in [0.717, 1.165) is 15.3 Å². The lowest BCUT2D eigenvalue weighted by atomic mass is 10.2. The van der Waals surface area contributed by atoms with Gasteiger partial charge in [0.25, 0.3) is 5.56 Å². The van der Waals surface area contributed by atoms with Crippen LogP contribution in [0.5, 0.6) is 5.75 Å². The maximum absolute atomic E-state index is 11.8. The normalized spacial score (nSPS) is 9.62. The number of aromatic nitrogens is 2. The fourth-order valence-corrected chi connectivity index (χ4v) is 1.62. The van der Waals surface area contributed by atoms with Gasteiger partial charge in [0.2, 0.25) is 5.75 Å². The number of hydrogen-bond acceptors (Lipinski definition) is 4. The molecule has 0 N–H and O–H groups in total. The monoisotopic (exact) mass is 284 g/mol. The summed E-state index contributed by atoms with van der Waals surface area (Å²) in [6.07, 6.45) is 1.16. The molecule has 2 aromatic rings. The molecule has 0 aliphatic carbocycles. The average Bonchev–Trinajstić information content (AvgIpc) is 2.49. The Hall–Kier alpha value is -3.07. The molecule has 0 radical (unpaired) electrons. The van der Waals surface area contributed by atoms with Gasteiger partial charge in [0.15, 0.2) is 0 Å². The molecule has 6 nitrogen and oxygen atoms in total. The standard InChI is InChI=1S/C15H12N2O4/c1-16-10-12(14(19)17(2)15(16)20)21-13(18)9-8-11-6-4-3-5-7-11/h3-7,10H,1-2H3. The van der Waals surface area contributed by atoms with Crippen molar-refractivity contribution in [3.63, 3.8) is 0 Å². The molecule has 0 atom stereocenters. The predicted octanol–water partition coefficient (Wildman–Crippen LogP) is 0.0411. The van der Waals surface area contributed by atoms with Crippen molar-refractivity contribution in [2.24, 2.45) is 14.1 Å². The Bertz CT molecular complexity index is 851. The minimum absolute atomic E-state index is 0.244. The van der Waals surface area contributed by atoms with Crippen LogP contribution in [0.15, 0.2) is 46.1 Å². The molecule has 0 fully saturated rings. The van der Waals surface area contributed by atoms with E-state index in [9.17, 15) is 14.4 Å². The molecule has 2 rings (SSSR count). The van der Waals surface area contributed by atoms with Crippen molar-refractivity contribution < 1.29 is 9.53 Å². The summed E-state index contributed by atoms with van der Waals surface area (Å²) in [4.78, 5) is 34.9. The van der Waals surface area contributed by atoms with Crippen molar-refractivity contribution in [2.45, 2.75) is 0 Å². The third-order valence-corrected chi connectivity index (χ3v) is 2.70. The van der Waals surface area contributed by atoms with Gasteiger partial charge in [0, 0.05) is 25.6 Å². The highest BCUT2D eigenvalue weighted by molar-refractivity contribution is 5.90. The van der Waals surface area contributed by atoms with Gasteiger partial charge in [-0.2, -0.15) is 0 Å². The smallest absolute Gasteiger partial charge is 0.390 e. The number of ether oxygens (including phenoxy) is 1. The lowest BCUT2D eigenvalue weighted by molar-refractivity contribution is -0.128. The summed E-state index contributed by atoms with van der Waals surface area (Å²) in [5.74, 6) is 3.79. The van der Waals surface area contributed by atoms with Crippen molar-refractivity contribution in [3.05, 3.63) is 62.9 Å². The van der Waals surface area contributed by atoms with Gasteiger partial charge in [0.05, 0.1) is 6.20 Å². The van der Waals surface area contributed by atoms with Crippen LogP contribution in [0, 0.1) is 11.8 Å². The van der Waals surface area contributed by atoms with Gasteiger partial charge in [-0.1, -0.05) is 24.1 Å². The Morgan fingerprint density at radius 2 is 1.81 bits per heavy atom. The summed E-state index contributed by atoms with van der Waals surface area (Å²) in [7, 11) is 2.76. The van der Waals surface area contributed by atoms with E-state index >= 15 is 0 Å². The quantitative estimate of drug-likeness (QED) is 0.547. The Morgan fingerprint density at radius 3 is 2.48 bits per heavy atom. The number of aryl methyl sites for hydroxylation is 1. The molecule has 0 spiro atoms. The van der Waals surface area contributed by atoms with Crippen LogP contribution in [0.2, 0.25) is 0 Å². The summed E-state index contributed by atoms with van der Waals surface area (Å²) in [6.45, 7) is 0. The molecular weight excluding hydrogens is 272 g/mol. The summed E-state index contributed by atoms with van der Waals surface area (Å²) in [5.41, 5.74) is -0.536. The van der Waals surface area contributed by atoms with Crippen molar-refractivity contribution in [1.29, 1.82) is 0 Å². The fraction of sp³-hybridized carbons (Fsp3) is 0.133. The maximum Gasteiger partial charge on any atom is 0.390 e. The molecule has 1 aromatic heterocycles. The number of carbonyl (C=O) groups is 1. The lowest BCUT2D eigenvalue weighted by Gasteiger charge is -2.04. The zero-order valence-electron chi connectivity index (χ0n) is 11.5. The second-order valence-electron chi connectivity index (χ2n) is 4.26. The first-order valence-corrected chi connectivity index (χ1v) is 6.04. The Kier molecular flexibility index (Phi) is 4.05. The van der Waals surface area contributed by atoms with E-state index in [1.807, 2.05) is 6.07 Å². The lowest BCUT2D eigenvalue weighted by Crippen LogP contribution is -2.37. The number of esters is 1. The van der Waals surface area contributed by atoms with E-state index in [-0.39, 0.29) is 5.75 Å². The molecule has 0 saturated heterocycles. The van der Waals surface area contributed by atoms with Crippen molar-refractivity contribution in [1.82, 2.24) is 9.13 Å². The Morgan fingerprint density at radius 1 is 1.14 bits per heavy atom. The van der Waals surface area contributed by atoms with Crippen LogP contribution < -0.4 is 16.0 Å². The van der Waals surface area contributed by atoms with Crippen LogP contribution in [0.25, 0.3) is 0 Å². The summed E-state index contributed by atoms with van der Waals surface area (Å²) >= 11 is 0. The van der Waals surface area contributed by atoms with E-state index in [4.69, 9.17) is 4.74 Å². The van der Waals surface area contributed by atoms with Gasteiger partial charge >= 0.3 is 11.7 Å². The number of hydrogen-bond donors (Lipinski definition) is 0. The molecule has 0 saturated carbocycles. The molecule has 1 aromatic carbocycles. The fourth-order valence-electron chi connectivity index (χ4n) is 1.62. The van der Waals surface area contributed by atoms with Crippen LogP contribution in [0.1, 0.15) is 5.56 Å². The third-order valence-electron chi connectivity index (χ3n) is 2.70. The van der Waals surface area contributed by atoms with Gasteiger partial charge in [-0.05, 0) is 12.1 Å². The maximum atomic E-state index is 11.8. The highest BCUT2D eigenvalue weighted by atomic mass is 16.5. The first-order valence-electron chi connectivity index (χ1n) is 6.04.